The Morgan fingerprint density at radius 3 is 2.59 bits per heavy atom. The fourth-order valence-corrected chi connectivity index (χ4v) is 1.77. The number of nitrogens with one attached hydrogen (secondary N) is 1. The van der Waals surface area contributed by atoms with Crippen LogP contribution in [0, 0.1) is 0 Å². The number of amides is 1. The molecule has 0 aromatic heterocycles. The smallest absolute Gasteiger partial charge is 0.255 e. The van der Waals surface area contributed by atoms with Crippen LogP contribution in [0.15, 0.2) is 18.2 Å². The van der Waals surface area contributed by atoms with E-state index in [0.717, 1.165) is 12.8 Å². The second-order valence-electron chi connectivity index (χ2n) is 4.79. The Balaban J connectivity index is 2.86. The molecule has 0 radical (unpaired) electrons. The molecule has 0 atom stereocenters. The van der Waals surface area contributed by atoms with Crippen LogP contribution in [0.2, 0.25) is 0 Å². The van der Waals surface area contributed by atoms with E-state index < -0.39 is 0 Å². The van der Waals surface area contributed by atoms with Crippen molar-refractivity contribution in [3.05, 3.63) is 23.8 Å². The van der Waals surface area contributed by atoms with Crippen LogP contribution < -0.4 is 5.32 Å². The minimum Gasteiger partial charge on any atom is -0.508 e. The molecule has 0 aliphatic rings. The lowest BCUT2D eigenvalue weighted by Gasteiger charge is -2.25. The maximum atomic E-state index is 11.9. The number of hydrogen-bond acceptors (Lipinski definition) is 3. The first-order valence-corrected chi connectivity index (χ1v) is 5.70. The van der Waals surface area contributed by atoms with E-state index in [1.807, 2.05) is 20.8 Å². The van der Waals surface area contributed by atoms with E-state index >= 15 is 0 Å². The molecule has 94 valence electrons. The summed E-state index contributed by atoms with van der Waals surface area (Å²) in [5.41, 5.74) is -0.238. The zero-order chi connectivity index (χ0) is 13.1. The van der Waals surface area contributed by atoms with Gasteiger partial charge in [0.1, 0.15) is 11.5 Å². The van der Waals surface area contributed by atoms with Crippen LogP contribution in [0.25, 0.3) is 0 Å². The van der Waals surface area contributed by atoms with Crippen molar-refractivity contribution < 1.29 is 15.0 Å². The summed E-state index contributed by atoms with van der Waals surface area (Å²) in [4.78, 5) is 11.9. The molecule has 0 heterocycles. The van der Waals surface area contributed by atoms with Crippen LogP contribution in [-0.2, 0) is 0 Å². The first-order chi connectivity index (χ1) is 7.85. The van der Waals surface area contributed by atoms with Gasteiger partial charge in [0.15, 0.2) is 0 Å². The van der Waals surface area contributed by atoms with E-state index in [1.54, 1.807) is 0 Å². The molecule has 0 spiro atoms. The van der Waals surface area contributed by atoms with Crippen molar-refractivity contribution >= 4 is 5.91 Å². The van der Waals surface area contributed by atoms with Crippen LogP contribution in [-0.4, -0.2) is 21.7 Å². The summed E-state index contributed by atoms with van der Waals surface area (Å²) in [6, 6.07) is 3.90. The third-order valence-corrected chi connectivity index (χ3v) is 2.55. The van der Waals surface area contributed by atoms with Gasteiger partial charge in [-0.15, -0.1) is 0 Å². The molecule has 0 unspecified atom stereocenters. The molecule has 4 heteroatoms. The molecule has 1 amide bonds. The van der Waals surface area contributed by atoms with Crippen molar-refractivity contribution in [2.75, 3.05) is 0 Å². The highest BCUT2D eigenvalue weighted by atomic mass is 16.3. The monoisotopic (exact) mass is 237 g/mol. The number of rotatable bonds is 4. The molecular formula is C13H19NO3. The molecule has 0 aliphatic carbocycles. The highest BCUT2D eigenvalue weighted by Gasteiger charge is 2.21. The van der Waals surface area contributed by atoms with Crippen LogP contribution >= 0.6 is 0 Å². The molecule has 4 nitrogen and oxygen atoms in total. The van der Waals surface area contributed by atoms with Gasteiger partial charge in [-0.25, -0.2) is 0 Å². The zero-order valence-corrected chi connectivity index (χ0v) is 10.4. The van der Waals surface area contributed by atoms with Crippen LogP contribution in [0.5, 0.6) is 11.5 Å². The normalized spacial score (nSPS) is 11.2. The van der Waals surface area contributed by atoms with E-state index in [1.165, 1.54) is 18.2 Å². The number of phenolic OH excluding ortho intramolecular Hbond substituents is 2. The van der Waals surface area contributed by atoms with Gasteiger partial charge in [-0.3, -0.25) is 4.79 Å². The molecule has 0 bridgehead atoms. The largest absolute Gasteiger partial charge is 0.508 e. The predicted molar refractivity (Wildman–Crippen MR) is 66.2 cm³/mol. The number of hydrogen-bond donors (Lipinski definition) is 3. The second-order valence-corrected chi connectivity index (χ2v) is 4.79. The number of carbonyl (C=O) groups is 1. The Morgan fingerprint density at radius 2 is 2.00 bits per heavy atom. The molecule has 1 aromatic carbocycles. The predicted octanol–water partition coefficient (Wildman–Crippen LogP) is 2.41. The molecule has 17 heavy (non-hydrogen) atoms. The number of aromatic hydroxyl groups is 2. The minimum absolute atomic E-state index is 0.0405. The van der Waals surface area contributed by atoms with E-state index in [2.05, 4.69) is 5.32 Å². The lowest BCUT2D eigenvalue weighted by atomic mass is 9.98. The average Bonchev–Trinajstić information content (AvgIpc) is 2.20. The molecule has 0 aliphatic heterocycles. The van der Waals surface area contributed by atoms with E-state index in [9.17, 15) is 15.0 Å². The average molecular weight is 237 g/mol. The van der Waals surface area contributed by atoms with Crippen molar-refractivity contribution in [3.63, 3.8) is 0 Å². The Hall–Kier alpha value is -1.71. The summed E-state index contributed by atoms with van der Waals surface area (Å²) in [6.45, 7) is 5.89. The summed E-state index contributed by atoms with van der Waals surface area (Å²) in [6.07, 6.45) is 1.80. The van der Waals surface area contributed by atoms with Crippen molar-refractivity contribution in [2.45, 2.75) is 39.2 Å². The lowest BCUT2D eigenvalue weighted by molar-refractivity contribution is 0.0906. The Kier molecular flexibility index (Phi) is 3.99. The highest BCUT2D eigenvalue weighted by Crippen LogP contribution is 2.23. The van der Waals surface area contributed by atoms with Gasteiger partial charge in [-0.1, -0.05) is 13.3 Å². The Labute approximate surface area is 101 Å². The van der Waals surface area contributed by atoms with Crippen LogP contribution in [0.1, 0.15) is 44.0 Å². The van der Waals surface area contributed by atoms with E-state index in [4.69, 9.17) is 0 Å². The lowest BCUT2D eigenvalue weighted by Crippen LogP contribution is -2.43. The molecule has 0 fully saturated rings. The van der Waals surface area contributed by atoms with E-state index in [-0.39, 0.29) is 28.5 Å². The van der Waals surface area contributed by atoms with Gasteiger partial charge in [0.2, 0.25) is 0 Å². The minimum atomic E-state index is -0.378. The molecule has 1 aromatic rings. The zero-order valence-electron chi connectivity index (χ0n) is 10.4. The van der Waals surface area contributed by atoms with E-state index in [0.29, 0.717) is 0 Å². The fourth-order valence-electron chi connectivity index (χ4n) is 1.77. The number of carbonyl (C=O) groups excluding carboxylic acids is 1. The van der Waals surface area contributed by atoms with Gasteiger partial charge in [-0.05, 0) is 38.5 Å². The molecular weight excluding hydrogens is 218 g/mol. The standard InChI is InChI=1S/C13H19NO3/c1-4-7-13(2,3)14-12(17)10-8-9(15)5-6-11(10)16/h5-6,8,15-16H,4,7H2,1-3H3,(H,14,17). The van der Waals surface area contributed by atoms with Crippen molar-refractivity contribution in [1.29, 1.82) is 0 Å². The summed E-state index contributed by atoms with van der Waals surface area (Å²) < 4.78 is 0. The maximum Gasteiger partial charge on any atom is 0.255 e. The number of benzene rings is 1. The van der Waals surface area contributed by atoms with Crippen LogP contribution in [0.4, 0.5) is 0 Å². The SMILES string of the molecule is CCCC(C)(C)NC(=O)c1cc(O)ccc1O. The molecule has 0 saturated heterocycles. The highest BCUT2D eigenvalue weighted by molar-refractivity contribution is 5.97. The van der Waals surface area contributed by atoms with Crippen molar-refractivity contribution in [2.24, 2.45) is 0 Å². The first-order valence-electron chi connectivity index (χ1n) is 5.70. The summed E-state index contributed by atoms with van der Waals surface area (Å²) in [5.74, 6) is -0.550. The summed E-state index contributed by atoms with van der Waals surface area (Å²) in [5, 5.41) is 21.7. The van der Waals surface area contributed by atoms with Gasteiger partial charge in [0, 0.05) is 5.54 Å². The van der Waals surface area contributed by atoms with Gasteiger partial charge in [0.25, 0.3) is 5.91 Å². The first kappa shape index (κ1) is 13.4. The van der Waals surface area contributed by atoms with Crippen molar-refractivity contribution in [3.8, 4) is 11.5 Å². The van der Waals surface area contributed by atoms with Gasteiger partial charge in [-0.2, -0.15) is 0 Å². The van der Waals surface area contributed by atoms with Crippen LogP contribution in [0.3, 0.4) is 0 Å². The molecule has 0 saturated carbocycles. The Morgan fingerprint density at radius 1 is 1.35 bits per heavy atom. The number of phenols is 2. The van der Waals surface area contributed by atoms with Crippen molar-refractivity contribution in [1.82, 2.24) is 5.32 Å². The molecule has 1 rings (SSSR count). The summed E-state index contributed by atoms with van der Waals surface area (Å²) >= 11 is 0. The second kappa shape index (κ2) is 5.08. The Bertz CT molecular complexity index is 413. The maximum absolute atomic E-state index is 11.9. The summed E-state index contributed by atoms with van der Waals surface area (Å²) in [7, 11) is 0. The topological polar surface area (TPSA) is 69.6 Å². The van der Waals surface area contributed by atoms with Gasteiger partial charge < -0.3 is 15.5 Å². The van der Waals surface area contributed by atoms with Gasteiger partial charge in [0.05, 0.1) is 5.56 Å². The fraction of sp³-hybridized carbons (Fsp3) is 0.462. The van der Waals surface area contributed by atoms with Gasteiger partial charge >= 0.3 is 0 Å². The third-order valence-electron chi connectivity index (χ3n) is 2.55. The molecule has 3 N–H and O–H groups in total. The quantitative estimate of drug-likeness (QED) is 0.704. The third kappa shape index (κ3) is 3.66.